The second kappa shape index (κ2) is 5.73. The fourth-order valence-corrected chi connectivity index (χ4v) is 4.63. The predicted molar refractivity (Wildman–Crippen MR) is 90.4 cm³/mol. The van der Waals surface area contributed by atoms with E-state index < -0.39 is 5.97 Å². The Kier molecular flexibility index (Phi) is 4.02. The van der Waals surface area contributed by atoms with Gasteiger partial charge in [0.05, 0.1) is 5.56 Å². The third-order valence-corrected chi connectivity index (χ3v) is 5.85. The van der Waals surface area contributed by atoms with Gasteiger partial charge in [0.1, 0.15) is 5.82 Å². The Labute approximate surface area is 139 Å². The minimum absolute atomic E-state index is 0.0914. The van der Waals surface area contributed by atoms with Crippen molar-refractivity contribution in [3.63, 3.8) is 0 Å². The lowest BCUT2D eigenvalue weighted by Gasteiger charge is -2.29. The van der Waals surface area contributed by atoms with Gasteiger partial charge in [-0.2, -0.15) is 0 Å². The highest BCUT2D eigenvalue weighted by Crippen LogP contribution is 2.45. The maximum atomic E-state index is 13.7. The van der Waals surface area contributed by atoms with Crippen LogP contribution in [0.5, 0.6) is 0 Å². The Morgan fingerprint density at radius 1 is 1.43 bits per heavy atom. The summed E-state index contributed by atoms with van der Waals surface area (Å²) in [7, 11) is 0. The van der Waals surface area contributed by atoms with Crippen molar-refractivity contribution in [3.8, 4) is 10.4 Å². The molecule has 0 bridgehead atoms. The molecule has 23 heavy (non-hydrogen) atoms. The molecule has 5 heteroatoms. The van der Waals surface area contributed by atoms with Gasteiger partial charge in [-0.05, 0) is 53.5 Å². The van der Waals surface area contributed by atoms with E-state index in [9.17, 15) is 14.3 Å². The summed E-state index contributed by atoms with van der Waals surface area (Å²) < 4.78 is 13.7. The molecule has 0 radical (unpaired) electrons. The number of thiophene rings is 1. The smallest absolute Gasteiger partial charge is 0.337 e. The van der Waals surface area contributed by atoms with Gasteiger partial charge in [-0.3, -0.25) is 0 Å². The highest BCUT2D eigenvalue weighted by molar-refractivity contribution is 7.16. The minimum atomic E-state index is -0.942. The van der Waals surface area contributed by atoms with Crippen molar-refractivity contribution >= 4 is 17.3 Å². The molecule has 3 N–H and O–H groups in total. The first-order valence-electron chi connectivity index (χ1n) is 7.69. The Morgan fingerprint density at radius 2 is 2.17 bits per heavy atom. The summed E-state index contributed by atoms with van der Waals surface area (Å²) in [4.78, 5) is 13.7. The van der Waals surface area contributed by atoms with Crippen LogP contribution in [0.2, 0.25) is 0 Å². The molecular weight excluding hydrogens is 313 g/mol. The van der Waals surface area contributed by atoms with Gasteiger partial charge in [-0.25, -0.2) is 9.18 Å². The monoisotopic (exact) mass is 333 g/mol. The molecule has 0 aliphatic heterocycles. The number of carbonyl (C=O) groups is 1. The van der Waals surface area contributed by atoms with Gasteiger partial charge >= 0.3 is 5.97 Å². The summed E-state index contributed by atoms with van der Waals surface area (Å²) >= 11 is 1.48. The fourth-order valence-electron chi connectivity index (χ4n) is 3.27. The molecule has 1 aliphatic carbocycles. The Balaban J connectivity index is 2.24. The first-order valence-corrected chi connectivity index (χ1v) is 8.51. The van der Waals surface area contributed by atoms with Crippen LogP contribution >= 0.6 is 11.3 Å². The van der Waals surface area contributed by atoms with Crippen LogP contribution in [0.3, 0.4) is 0 Å². The van der Waals surface area contributed by atoms with Crippen molar-refractivity contribution in [1.82, 2.24) is 0 Å². The Bertz CT molecular complexity index is 780. The molecule has 1 aromatic heterocycles. The Morgan fingerprint density at radius 3 is 2.83 bits per heavy atom. The summed E-state index contributed by atoms with van der Waals surface area (Å²) in [5.41, 5.74) is 8.49. The number of aromatic carboxylic acids is 1. The second-order valence-electron chi connectivity index (χ2n) is 6.86. The van der Waals surface area contributed by atoms with Gasteiger partial charge in [-0.15, -0.1) is 11.3 Å². The number of carboxylic acid groups (broad SMARTS) is 1. The first-order chi connectivity index (χ1) is 10.8. The minimum Gasteiger partial charge on any atom is -0.478 e. The number of aryl methyl sites for hydroxylation is 1. The molecule has 0 atom stereocenters. The summed E-state index contributed by atoms with van der Waals surface area (Å²) in [6.45, 7) is 4.57. The molecule has 3 nitrogen and oxygen atoms in total. The topological polar surface area (TPSA) is 63.3 Å². The predicted octanol–water partition coefficient (Wildman–Crippen LogP) is 4.23. The van der Waals surface area contributed by atoms with Crippen LogP contribution in [0.4, 0.5) is 4.39 Å². The van der Waals surface area contributed by atoms with E-state index in [1.54, 1.807) is 6.07 Å². The lowest BCUT2D eigenvalue weighted by Crippen LogP contribution is -2.22. The molecule has 0 amide bonds. The van der Waals surface area contributed by atoms with Crippen molar-refractivity contribution in [3.05, 3.63) is 45.6 Å². The average molecular weight is 333 g/mol. The van der Waals surface area contributed by atoms with Gasteiger partial charge in [0.15, 0.2) is 0 Å². The van der Waals surface area contributed by atoms with E-state index in [-0.39, 0.29) is 17.8 Å². The van der Waals surface area contributed by atoms with Crippen molar-refractivity contribution in [2.24, 2.45) is 11.1 Å². The van der Waals surface area contributed by atoms with E-state index in [4.69, 9.17) is 5.73 Å². The van der Waals surface area contributed by atoms with E-state index in [0.29, 0.717) is 16.0 Å². The second-order valence-corrected chi connectivity index (χ2v) is 7.96. The molecule has 2 aromatic rings. The highest BCUT2D eigenvalue weighted by atomic mass is 32.1. The summed E-state index contributed by atoms with van der Waals surface area (Å²) in [6, 6.07) is 4.40. The number of rotatable bonds is 3. The van der Waals surface area contributed by atoms with Crippen LogP contribution in [0.1, 0.15) is 46.6 Å². The standard InChI is InChI=1S/C18H20FNO2S/c1-18(2)6-5-14-13(8-18)15(17(21)22)16(23-14)12-7-11(19)4-3-10(12)9-20/h3-4,7H,5-6,8-9,20H2,1-2H3,(H,21,22). The molecule has 1 aliphatic rings. The number of hydrogen-bond acceptors (Lipinski definition) is 3. The lowest BCUT2D eigenvalue weighted by molar-refractivity contribution is 0.0696. The summed E-state index contributed by atoms with van der Waals surface area (Å²) in [5.74, 6) is -1.32. The maximum absolute atomic E-state index is 13.7. The molecule has 0 saturated carbocycles. The third-order valence-electron chi connectivity index (χ3n) is 4.53. The summed E-state index contributed by atoms with van der Waals surface area (Å²) in [6.07, 6.45) is 2.65. The highest BCUT2D eigenvalue weighted by Gasteiger charge is 2.33. The largest absolute Gasteiger partial charge is 0.478 e. The van der Waals surface area contributed by atoms with Crippen LogP contribution in [0.15, 0.2) is 18.2 Å². The Hall–Kier alpha value is -1.72. The molecule has 0 fully saturated rings. The molecule has 1 aromatic carbocycles. The zero-order valence-electron chi connectivity index (χ0n) is 13.3. The van der Waals surface area contributed by atoms with Crippen LogP contribution in [-0.4, -0.2) is 11.1 Å². The molecule has 0 unspecified atom stereocenters. The van der Waals surface area contributed by atoms with Crippen molar-refractivity contribution in [1.29, 1.82) is 0 Å². The van der Waals surface area contributed by atoms with Gasteiger partial charge in [0, 0.05) is 16.3 Å². The van der Waals surface area contributed by atoms with Crippen molar-refractivity contribution in [2.75, 3.05) is 0 Å². The third kappa shape index (κ3) is 2.91. The first kappa shape index (κ1) is 16.1. The van der Waals surface area contributed by atoms with Crippen molar-refractivity contribution < 1.29 is 14.3 Å². The number of benzene rings is 1. The van der Waals surface area contributed by atoms with E-state index in [2.05, 4.69) is 13.8 Å². The fraction of sp³-hybridized carbons (Fsp3) is 0.389. The van der Waals surface area contributed by atoms with Gasteiger partial charge in [0.2, 0.25) is 0 Å². The molecule has 0 saturated heterocycles. The molecule has 0 spiro atoms. The van der Waals surface area contributed by atoms with E-state index in [0.717, 1.165) is 35.3 Å². The number of carboxylic acids is 1. The zero-order valence-corrected chi connectivity index (χ0v) is 14.1. The number of nitrogens with two attached hydrogens (primary N) is 1. The van der Waals surface area contributed by atoms with Crippen LogP contribution in [0, 0.1) is 11.2 Å². The molecule has 3 rings (SSSR count). The van der Waals surface area contributed by atoms with E-state index >= 15 is 0 Å². The normalized spacial score (nSPS) is 16.2. The molecule has 1 heterocycles. The number of hydrogen-bond donors (Lipinski definition) is 2. The van der Waals surface area contributed by atoms with Crippen LogP contribution < -0.4 is 5.73 Å². The van der Waals surface area contributed by atoms with Crippen LogP contribution in [-0.2, 0) is 19.4 Å². The summed E-state index contributed by atoms with van der Waals surface area (Å²) in [5, 5.41) is 9.76. The average Bonchev–Trinajstić information content (AvgIpc) is 2.84. The zero-order chi connectivity index (χ0) is 16.8. The van der Waals surface area contributed by atoms with E-state index in [1.807, 2.05) is 0 Å². The van der Waals surface area contributed by atoms with E-state index in [1.165, 1.54) is 23.5 Å². The van der Waals surface area contributed by atoms with Crippen LogP contribution in [0.25, 0.3) is 10.4 Å². The molecule has 122 valence electrons. The quantitative estimate of drug-likeness (QED) is 0.883. The SMILES string of the molecule is CC1(C)CCc2sc(-c3cc(F)ccc3CN)c(C(=O)O)c2C1. The lowest BCUT2D eigenvalue weighted by atomic mass is 9.76. The van der Waals surface area contributed by atoms with Gasteiger partial charge in [0.25, 0.3) is 0 Å². The van der Waals surface area contributed by atoms with Gasteiger partial charge < -0.3 is 10.8 Å². The number of fused-ring (bicyclic) bond motifs is 1. The van der Waals surface area contributed by atoms with Crippen molar-refractivity contribution in [2.45, 2.75) is 39.7 Å². The number of halogens is 1. The molecular formula is C18H20FNO2S. The van der Waals surface area contributed by atoms with Gasteiger partial charge in [-0.1, -0.05) is 19.9 Å². The maximum Gasteiger partial charge on any atom is 0.337 e.